The molecule has 5 heteroatoms. The van der Waals surface area contributed by atoms with Gasteiger partial charge in [-0.05, 0) is 19.1 Å². The van der Waals surface area contributed by atoms with Crippen molar-refractivity contribution in [2.45, 2.75) is 6.92 Å². The van der Waals surface area contributed by atoms with E-state index in [0.717, 1.165) is 5.56 Å². The number of aromatic nitrogens is 2. The van der Waals surface area contributed by atoms with Gasteiger partial charge >= 0.3 is 0 Å². The van der Waals surface area contributed by atoms with Crippen LogP contribution < -0.4 is 15.0 Å². The van der Waals surface area contributed by atoms with Crippen molar-refractivity contribution < 1.29 is 9.47 Å². The molecule has 0 radical (unpaired) electrons. The Labute approximate surface area is 104 Å². The minimum atomic E-state index is -0.192. The monoisotopic (exact) mass is 246 g/mol. The summed E-state index contributed by atoms with van der Waals surface area (Å²) >= 11 is 0. The maximum absolute atomic E-state index is 11.5. The van der Waals surface area contributed by atoms with Crippen molar-refractivity contribution in [3.05, 3.63) is 40.4 Å². The van der Waals surface area contributed by atoms with E-state index in [2.05, 4.69) is 9.97 Å². The van der Waals surface area contributed by atoms with Gasteiger partial charge in [0.2, 0.25) is 0 Å². The summed E-state index contributed by atoms with van der Waals surface area (Å²) in [6.07, 6.45) is 0. The molecule has 0 spiro atoms. The van der Waals surface area contributed by atoms with E-state index in [9.17, 15) is 4.79 Å². The second-order valence-electron chi connectivity index (χ2n) is 3.76. The highest BCUT2D eigenvalue weighted by Crippen LogP contribution is 2.36. The highest BCUT2D eigenvalue weighted by Gasteiger charge is 2.13. The predicted octanol–water partition coefficient (Wildman–Crippen LogP) is 1.76. The van der Waals surface area contributed by atoms with Gasteiger partial charge < -0.3 is 14.5 Å². The molecule has 0 aliphatic heterocycles. The summed E-state index contributed by atoms with van der Waals surface area (Å²) in [7, 11) is 3.12. The van der Waals surface area contributed by atoms with Crippen LogP contribution in [-0.4, -0.2) is 24.2 Å². The van der Waals surface area contributed by atoms with Crippen molar-refractivity contribution in [3.8, 4) is 22.8 Å². The van der Waals surface area contributed by atoms with E-state index >= 15 is 0 Å². The van der Waals surface area contributed by atoms with Crippen LogP contribution in [0.1, 0.15) is 5.82 Å². The van der Waals surface area contributed by atoms with E-state index in [-0.39, 0.29) is 5.56 Å². The minimum Gasteiger partial charge on any atom is -0.493 e. The highest BCUT2D eigenvalue weighted by atomic mass is 16.5. The quantitative estimate of drug-likeness (QED) is 0.896. The minimum absolute atomic E-state index is 0.192. The molecule has 1 aromatic heterocycles. The Kier molecular flexibility index (Phi) is 3.32. The summed E-state index contributed by atoms with van der Waals surface area (Å²) in [4.78, 5) is 18.4. The van der Waals surface area contributed by atoms with Crippen LogP contribution in [0.25, 0.3) is 11.3 Å². The van der Waals surface area contributed by atoms with Crippen molar-refractivity contribution in [2.24, 2.45) is 0 Å². The summed E-state index contributed by atoms with van der Waals surface area (Å²) in [6.45, 7) is 1.73. The van der Waals surface area contributed by atoms with Gasteiger partial charge in [0.05, 0.1) is 19.9 Å². The zero-order valence-electron chi connectivity index (χ0n) is 10.5. The summed E-state index contributed by atoms with van der Waals surface area (Å²) in [5, 5.41) is 0. The zero-order chi connectivity index (χ0) is 13.1. The Morgan fingerprint density at radius 3 is 2.61 bits per heavy atom. The number of aryl methyl sites for hydroxylation is 1. The Balaban J connectivity index is 2.66. The molecule has 0 unspecified atom stereocenters. The second kappa shape index (κ2) is 4.91. The van der Waals surface area contributed by atoms with Crippen LogP contribution >= 0.6 is 0 Å². The standard InChI is InChI=1S/C13H14N2O3/c1-8-14-10(7-12(16)15-8)9-5-4-6-11(17-2)13(9)18-3/h4-7H,1-3H3,(H,14,15,16). The van der Waals surface area contributed by atoms with E-state index in [1.165, 1.54) is 6.07 Å². The summed E-state index contributed by atoms with van der Waals surface area (Å²) < 4.78 is 10.5. The first-order valence-electron chi connectivity index (χ1n) is 5.45. The molecule has 18 heavy (non-hydrogen) atoms. The SMILES string of the molecule is COc1cccc(-c2cc(=O)[nH]c(C)n2)c1OC. The first-order chi connectivity index (χ1) is 8.65. The van der Waals surface area contributed by atoms with Crippen LogP contribution in [0.4, 0.5) is 0 Å². The number of ether oxygens (including phenoxy) is 2. The smallest absolute Gasteiger partial charge is 0.251 e. The van der Waals surface area contributed by atoms with Gasteiger partial charge in [-0.25, -0.2) is 4.98 Å². The third-order valence-electron chi connectivity index (χ3n) is 2.54. The van der Waals surface area contributed by atoms with Crippen LogP contribution in [0, 0.1) is 6.92 Å². The number of para-hydroxylation sites is 1. The Morgan fingerprint density at radius 2 is 2.00 bits per heavy atom. The third kappa shape index (κ3) is 2.20. The lowest BCUT2D eigenvalue weighted by atomic mass is 10.1. The Hall–Kier alpha value is -2.30. The number of aromatic amines is 1. The summed E-state index contributed by atoms with van der Waals surface area (Å²) in [5.74, 6) is 1.73. The highest BCUT2D eigenvalue weighted by molar-refractivity contribution is 5.70. The molecule has 5 nitrogen and oxygen atoms in total. The molecule has 1 aromatic carbocycles. The Bertz CT molecular complexity index is 620. The van der Waals surface area contributed by atoms with E-state index < -0.39 is 0 Å². The van der Waals surface area contributed by atoms with Gasteiger partial charge in [-0.15, -0.1) is 0 Å². The molecule has 2 aromatic rings. The zero-order valence-corrected chi connectivity index (χ0v) is 10.5. The van der Waals surface area contributed by atoms with Crippen LogP contribution in [0.5, 0.6) is 11.5 Å². The fourth-order valence-corrected chi connectivity index (χ4v) is 1.81. The summed E-state index contributed by atoms with van der Waals surface area (Å²) in [6, 6.07) is 6.89. The normalized spacial score (nSPS) is 10.2. The fourth-order valence-electron chi connectivity index (χ4n) is 1.81. The van der Waals surface area contributed by atoms with Crippen molar-refractivity contribution in [1.29, 1.82) is 0 Å². The molecule has 0 aliphatic carbocycles. The van der Waals surface area contributed by atoms with Gasteiger partial charge in [-0.1, -0.05) is 6.07 Å². The van der Waals surface area contributed by atoms with Crippen LogP contribution in [0.3, 0.4) is 0 Å². The molecule has 2 rings (SSSR count). The first-order valence-corrected chi connectivity index (χ1v) is 5.45. The van der Waals surface area contributed by atoms with Crippen LogP contribution in [0.2, 0.25) is 0 Å². The van der Waals surface area contributed by atoms with Gasteiger partial charge in [0.1, 0.15) is 5.82 Å². The molecule has 1 heterocycles. The number of hydrogen-bond donors (Lipinski definition) is 1. The van der Waals surface area contributed by atoms with Crippen LogP contribution in [0.15, 0.2) is 29.1 Å². The van der Waals surface area contributed by atoms with E-state index in [1.54, 1.807) is 27.2 Å². The predicted molar refractivity (Wildman–Crippen MR) is 68.1 cm³/mol. The third-order valence-corrected chi connectivity index (χ3v) is 2.54. The van der Waals surface area contributed by atoms with Crippen LogP contribution in [-0.2, 0) is 0 Å². The first kappa shape index (κ1) is 12.2. The maximum atomic E-state index is 11.5. The molecular weight excluding hydrogens is 232 g/mol. The molecule has 0 aliphatic rings. The molecule has 0 bridgehead atoms. The lowest BCUT2D eigenvalue weighted by Gasteiger charge is -2.12. The number of nitrogens with zero attached hydrogens (tertiary/aromatic N) is 1. The van der Waals surface area contributed by atoms with Gasteiger partial charge in [0, 0.05) is 11.6 Å². The van der Waals surface area contributed by atoms with E-state index in [0.29, 0.717) is 23.0 Å². The number of rotatable bonds is 3. The van der Waals surface area contributed by atoms with Gasteiger partial charge in [-0.3, -0.25) is 4.79 Å². The van der Waals surface area contributed by atoms with Crippen molar-refractivity contribution in [2.75, 3.05) is 14.2 Å². The van der Waals surface area contributed by atoms with Gasteiger partial charge in [0.25, 0.3) is 5.56 Å². The molecule has 0 atom stereocenters. The molecule has 94 valence electrons. The molecular formula is C13H14N2O3. The van der Waals surface area contributed by atoms with Crippen molar-refractivity contribution >= 4 is 0 Å². The lowest BCUT2D eigenvalue weighted by molar-refractivity contribution is 0.356. The largest absolute Gasteiger partial charge is 0.493 e. The molecule has 0 fully saturated rings. The maximum Gasteiger partial charge on any atom is 0.251 e. The molecule has 0 saturated heterocycles. The average Bonchev–Trinajstić information content (AvgIpc) is 2.36. The van der Waals surface area contributed by atoms with Gasteiger partial charge in [0.15, 0.2) is 11.5 Å². The fraction of sp³-hybridized carbons (Fsp3) is 0.231. The van der Waals surface area contributed by atoms with Crippen molar-refractivity contribution in [3.63, 3.8) is 0 Å². The molecule has 0 amide bonds. The number of nitrogens with one attached hydrogen (secondary N) is 1. The number of hydrogen-bond acceptors (Lipinski definition) is 4. The number of H-pyrrole nitrogens is 1. The Morgan fingerprint density at radius 1 is 1.22 bits per heavy atom. The number of methoxy groups -OCH3 is 2. The number of benzene rings is 1. The average molecular weight is 246 g/mol. The second-order valence-corrected chi connectivity index (χ2v) is 3.76. The molecule has 1 N–H and O–H groups in total. The summed E-state index contributed by atoms with van der Waals surface area (Å²) in [5.41, 5.74) is 1.10. The lowest BCUT2D eigenvalue weighted by Crippen LogP contribution is -2.08. The van der Waals surface area contributed by atoms with E-state index in [4.69, 9.17) is 9.47 Å². The van der Waals surface area contributed by atoms with E-state index in [1.807, 2.05) is 12.1 Å². The van der Waals surface area contributed by atoms with Gasteiger partial charge in [-0.2, -0.15) is 0 Å². The van der Waals surface area contributed by atoms with Crippen molar-refractivity contribution in [1.82, 2.24) is 9.97 Å². The topological polar surface area (TPSA) is 64.2 Å². The molecule has 0 saturated carbocycles.